The summed E-state index contributed by atoms with van der Waals surface area (Å²) in [7, 11) is -3.39. The van der Waals surface area contributed by atoms with Crippen LogP contribution in [0.3, 0.4) is 0 Å². The first kappa shape index (κ1) is 24.5. The first-order valence-electron chi connectivity index (χ1n) is 9.32. The molecule has 0 saturated carbocycles. The molecule has 2 aliphatic rings. The molecule has 0 spiro atoms. The van der Waals surface area contributed by atoms with Crippen LogP contribution in [-0.2, 0) is 10.0 Å². The van der Waals surface area contributed by atoms with E-state index in [1.807, 2.05) is 0 Å². The Hall–Kier alpha value is -0.570. The molecule has 2 saturated heterocycles. The van der Waals surface area contributed by atoms with Gasteiger partial charge in [-0.3, -0.25) is 0 Å². The van der Waals surface area contributed by atoms with Crippen molar-refractivity contribution in [2.75, 3.05) is 52.4 Å². The summed E-state index contributed by atoms with van der Waals surface area (Å²) in [5.41, 5.74) is 0. The summed E-state index contributed by atoms with van der Waals surface area (Å²) < 4.78 is 32.5. The lowest BCUT2D eigenvalue weighted by Gasteiger charge is -2.26. The van der Waals surface area contributed by atoms with Crippen LogP contribution in [0, 0.1) is 0 Å². The largest absolute Gasteiger partial charge is 0.494 e. The van der Waals surface area contributed by atoms with E-state index >= 15 is 0 Å². The predicted molar refractivity (Wildman–Crippen MR) is 113 cm³/mol. The second kappa shape index (κ2) is 12.1. The topological polar surface area (TPSA) is 61.9 Å². The number of hydrogen-bond donors (Lipinski definition) is 1. The molecule has 0 amide bonds. The molecule has 0 aromatic heterocycles. The number of benzene rings is 1. The van der Waals surface area contributed by atoms with Crippen LogP contribution < -0.4 is 10.1 Å². The molecule has 2 aliphatic heterocycles. The smallest absolute Gasteiger partial charge is 0.243 e. The number of piperidine rings is 1. The van der Waals surface area contributed by atoms with Crippen molar-refractivity contribution in [3.05, 3.63) is 24.3 Å². The van der Waals surface area contributed by atoms with Gasteiger partial charge in [0.25, 0.3) is 0 Å². The van der Waals surface area contributed by atoms with Crippen LogP contribution in [0.2, 0.25) is 0 Å². The number of halogens is 2. The summed E-state index contributed by atoms with van der Waals surface area (Å²) >= 11 is 0. The zero-order chi connectivity index (χ0) is 17.5. The number of nitrogens with one attached hydrogen (secondary N) is 1. The van der Waals surface area contributed by atoms with Gasteiger partial charge in [0.05, 0.1) is 11.5 Å². The van der Waals surface area contributed by atoms with E-state index in [1.165, 1.54) is 36.7 Å². The monoisotopic (exact) mass is 439 g/mol. The van der Waals surface area contributed by atoms with Gasteiger partial charge in [0, 0.05) is 32.7 Å². The molecular weight excluding hydrogens is 409 g/mol. The Bertz CT molecular complexity index is 632. The summed E-state index contributed by atoms with van der Waals surface area (Å²) in [4.78, 5) is 2.84. The molecular formula is C18H31Cl2N3O3S. The molecule has 0 aliphatic carbocycles. The average molecular weight is 440 g/mol. The van der Waals surface area contributed by atoms with Crippen LogP contribution in [0.5, 0.6) is 5.75 Å². The van der Waals surface area contributed by atoms with Crippen LogP contribution in [0.1, 0.15) is 25.7 Å². The van der Waals surface area contributed by atoms with E-state index in [4.69, 9.17) is 4.74 Å². The third-order valence-corrected chi connectivity index (χ3v) is 6.79. The van der Waals surface area contributed by atoms with Crippen molar-refractivity contribution in [3.63, 3.8) is 0 Å². The number of nitrogens with zero attached hydrogens (tertiary/aromatic N) is 2. The normalized spacial score (nSPS) is 19.0. The van der Waals surface area contributed by atoms with Gasteiger partial charge in [-0.05, 0) is 56.6 Å². The van der Waals surface area contributed by atoms with Crippen molar-refractivity contribution in [2.24, 2.45) is 0 Å². The van der Waals surface area contributed by atoms with Crippen molar-refractivity contribution in [2.45, 2.75) is 30.6 Å². The highest BCUT2D eigenvalue weighted by Gasteiger charge is 2.25. The second-order valence-corrected chi connectivity index (χ2v) is 8.67. The fraction of sp³-hybridized carbons (Fsp3) is 0.667. The quantitative estimate of drug-likeness (QED) is 0.660. The highest BCUT2D eigenvalue weighted by atomic mass is 35.5. The first-order chi connectivity index (χ1) is 12.2. The van der Waals surface area contributed by atoms with E-state index < -0.39 is 10.0 Å². The fourth-order valence-electron chi connectivity index (χ4n) is 3.40. The Morgan fingerprint density at radius 3 is 2.19 bits per heavy atom. The van der Waals surface area contributed by atoms with E-state index in [1.54, 1.807) is 24.3 Å². The molecule has 0 bridgehead atoms. The molecule has 9 heteroatoms. The lowest BCUT2D eigenvalue weighted by Crippen LogP contribution is -2.46. The molecule has 3 rings (SSSR count). The molecule has 1 N–H and O–H groups in total. The minimum atomic E-state index is -3.39. The number of piperazine rings is 1. The minimum Gasteiger partial charge on any atom is -0.494 e. The van der Waals surface area contributed by atoms with Gasteiger partial charge in [-0.15, -0.1) is 24.8 Å². The Balaban J connectivity index is 0.00000182. The highest BCUT2D eigenvalue weighted by molar-refractivity contribution is 7.89. The number of ether oxygens (including phenoxy) is 1. The molecule has 156 valence electrons. The molecule has 2 heterocycles. The van der Waals surface area contributed by atoms with Gasteiger partial charge in [-0.1, -0.05) is 6.42 Å². The summed E-state index contributed by atoms with van der Waals surface area (Å²) in [6.45, 7) is 6.62. The molecule has 27 heavy (non-hydrogen) atoms. The van der Waals surface area contributed by atoms with Crippen LogP contribution in [0.15, 0.2) is 29.2 Å². The van der Waals surface area contributed by atoms with Gasteiger partial charge >= 0.3 is 0 Å². The summed E-state index contributed by atoms with van der Waals surface area (Å²) in [5, 5.41) is 3.17. The Labute approximate surface area is 175 Å². The van der Waals surface area contributed by atoms with E-state index in [0.29, 0.717) is 37.7 Å². The first-order valence-corrected chi connectivity index (χ1v) is 10.8. The predicted octanol–water partition coefficient (Wildman–Crippen LogP) is 2.38. The Kier molecular flexibility index (Phi) is 11.0. The molecule has 1 aromatic carbocycles. The van der Waals surface area contributed by atoms with E-state index in [-0.39, 0.29) is 24.8 Å². The molecule has 2 fully saturated rings. The van der Waals surface area contributed by atoms with E-state index in [9.17, 15) is 8.42 Å². The van der Waals surface area contributed by atoms with Gasteiger partial charge in [0.15, 0.2) is 0 Å². The Morgan fingerprint density at radius 2 is 1.56 bits per heavy atom. The third kappa shape index (κ3) is 7.07. The van der Waals surface area contributed by atoms with Crippen LogP contribution in [0.4, 0.5) is 0 Å². The second-order valence-electron chi connectivity index (χ2n) is 6.73. The standard InChI is InChI=1S/C18H29N3O3S.2ClH/c22-25(23,21-14-9-19-10-15-21)18-7-5-17(6-8-18)24-16-4-13-20-11-2-1-3-12-20;;/h5-8,19H,1-4,9-16H2;2*1H. The molecule has 0 atom stereocenters. The van der Waals surface area contributed by atoms with Crippen molar-refractivity contribution >= 4 is 34.8 Å². The number of sulfonamides is 1. The van der Waals surface area contributed by atoms with Crippen LogP contribution in [0.25, 0.3) is 0 Å². The number of likely N-dealkylation sites (tertiary alicyclic amines) is 1. The maximum atomic E-state index is 12.6. The number of rotatable bonds is 7. The van der Waals surface area contributed by atoms with Gasteiger partial charge in [-0.25, -0.2) is 8.42 Å². The van der Waals surface area contributed by atoms with Gasteiger partial charge in [0.1, 0.15) is 5.75 Å². The lowest BCUT2D eigenvalue weighted by atomic mass is 10.1. The Morgan fingerprint density at radius 1 is 0.926 bits per heavy atom. The highest BCUT2D eigenvalue weighted by Crippen LogP contribution is 2.20. The lowest BCUT2D eigenvalue weighted by molar-refractivity contribution is 0.205. The maximum absolute atomic E-state index is 12.6. The number of hydrogen-bond acceptors (Lipinski definition) is 5. The molecule has 6 nitrogen and oxygen atoms in total. The maximum Gasteiger partial charge on any atom is 0.243 e. The molecule has 0 unspecified atom stereocenters. The van der Waals surface area contributed by atoms with Crippen LogP contribution in [-0.4, -0.2) is 70.0 Å². The van der Waals surface area contributed by atoms with Crippen molar-refractivity contribution in [1.29, 1.82) is 0 Å². The van der Waals surface area contributed by atoms with Gasteiger partial charge < -0.3 is 15.0 Å². The molecule has 1 aromatic rings. The van der Waals surface area contributed by atoms with Crippen LogP contribution >= 0.6 is 24.8 Å². The summed E-state index contributed by atoms with van der Waals surface area (Å²) in [6.07, 6.45) is 4.98. The zero-order valence-electron chi connectivity index (χ0n) is 15.6. The van der Waals surface area contributed by atoms with Crippen molar-refractivity contribution in [1.82, 2.24) is 14.5 Å². The fourth-order valence-corrected chi connectivity index (χ4v) is 4.84. The van der Waals surface area contributed by atoms with E-state index in [0.717, 1.165) is 18.7 Å². The van der Waals surface area contributed by atoms with Gasteiger partial charge in [-0.2, -0.15) is 4.31 Å². The average Bonchev–Trinajstić information content (AvgIpc) is 2.67. The minimum absolute atomic E-state index is 0. The van der Waals surface area contributed by atoms with Crippen molar-refractivity contribution in [3.8, 4) is 5.75 Å². The molecule has 0 radical (unpaired) electrons. The summed E-state index contributed by atoms with van der Waals surface area (Å²) in [6, 6.07) is 6.82. The third-order valence-electron chi connectivity index (χ3n) is 4.87. The van der Waals surface area contributed by atoms with E-state index in [2.05, 4.69) is 10.2 Å². The van der Waals surface area contributed by atoms with Gasteiger partial charge in [0.2, 0.25) is 10.0 Å². The summed E-state index contributed by atoms with van der Waals surface area (Å²) in [5.74, 6) is 0.734. The SMILES string of the molecule is Cl.Cl.O=S(=O)(c1ccc(OCCCN2CCCCC2)cc1)N1CCNCC1. The van der Waals surface area contributed by atoms with Crippen molar-refractivity contribution < 1.29 is 13.2 Å². The zero-order valence-corrected chi connectivity index (χ0v) is 18.1.